The number of thioether (sulfide) groups is 1. The Labute approximate surface area is 204 Å². The van der Waals surface area contributed by atoms with Gasteiger partial charge in [0.05, 0.1) is 37.1 Å². The molecule has 3 rings (SSSR count). The fourth-order valence-electron chi connectivity index (χ4n) is 2.83. The van der Waals surface area contributed by atoms with E-state index in [1.54, 1.807) is 43.7 Å². The smallest absolute Gasteiger partial charge is 0.311 e. The van der Waals surface area contributed by atoms with Gasteiger partial charge in [0.2, 0.25) is 5.91 Å². The highest BCUT2D eigenvalue weighted by Gasteiger charge is 2.19. The minimum atomic E-state index is -0.357. The van der Waals surface area contributed by atoms with E-state index in [1.807, 2.05) is 4.57 Å². The van der Waals surface area contributed by atoms with Crippen LogP contribution in [0.15, 0.2) is 41.4 Å². The summed E-state index contributed by atoms with van der Waals surface area (Å²) >= 11 is 8.64. The summed E-state index contributed by atoms with van der Waals surface area (Å²) in [5, 5.41) is 14.5. The van der Waals surface area contributed by atoms with E-state index in [2.05, 4.69) is 27.1 Å². The molecule has 0 radical (unpaired) electrons. The summed E-state index contributed by atoms with van der Waals surface area (Å²) in [6.07, 6.45) is 1.78. The Kier molecular flexibility index (Phi) is 8.87. The molecule has 0 aliphatic heterocycles. The number of halogens is 1. The second kappa shape index (κ2) is 11.8. The van der Waals surface area contributed by atoms with Crippen LogP contribution in [0, 0.1) is 0 Å². The number of ether oxygens (including phenoxy) is 2. The zero-order chi connectivity index (χ0) is 23.8. The van der Waals surface area contributed by atoms with E-state index in [0.717, 1.165) is 0 Å². The number of carbonyl (C=O) groups is 2. The number of nitrogens with one attached hydrogen (secondary N) is 1. The Morgan fingerprint density at radius 3 is 2.91 bits per heavy atom. The second-order valence-electron chi connectivity index (χ2n) is 6.51. The van der Waals surface area contributed by atoms with Gasteiger partial charge in [-0.3, -0.25) is 14.2 Å². The molecular formula is C21H22ClN5O4S2. The number of hydrogen-bond acceptors (Lipinski definition) is 9. The maximum Gasteiger partial charge on any atom is 0.311 e. The quantitative estimate of drug-likeness (QED) is 0.235. The van der Waals surface area contributed by atoms with Gasteiger partial charge in [-0.1, -0.05) is 29.4 Å². The van der Waals surface area contributed by atoms with Crippen molar-refractivity contribution in [3.05, 3.63) is 47.0 Å². The van der Waals surface area contributed by atoms with Crippen LogP contribution in [0.5, 0.6) is 5.75 Å². The lowest BCUT2D eigenvalue weighted by molar-refractivity contribution is -0.142. The summed E-state index contributed by atoms with van der Waals surface area (Å²) in [4.78, 5) is 28.3. The molecule has 0 spiro atoms. The molecule has 0 saturated heterocycles. The van der Waals surface area contributed by atoms with Gasteiger partial charge in [0.25, 0.3) is 0 Å². The predicted octanol–water partition coefficient (Wildman–Crippen LogP) is 4.09. The lowest BCUT2D eigenvalue weighted by Crippen LogP contribution is -2.15. The summed E-state index contributed by atoms with van der Waals surface area (Å²) < 4.78 is 12.2. The standard InChI is InChI=1S/C21H22ClN5O4S2/c1-4-8-27-19(15-9-13(22)6-7-16(15)30-3)25-26-21(27)33-12-17(28)24-20-23-14(11-32-20)10-18(29)31-5-2/h4,6-7,9,11H,1,5,8,10,12H2,2-3H3,(H,23,24,28). The average molecular weight is 508 g/mol. The molecule has 1 aromatic carbocycles. The molecule has 2 aromatic heterocycles. The number of anilines is 1. The summed E-state index contributed by atoms with van der Waals surface area (Å²) in [5.74, 6) is 0.640. The zero-order valence-corrected chi connectivity index (χ0v) is 20.4. The van der Waals surface area contributed by atoms with Crippen LogP contribution in [0.4, 0.5) is 5.13 Å². The van der Waals surface area contributed by atoms with E-state index < -0.39 is 0 Å². The van der Waals surface area contributed by atoms with Crippen LogP contribution in [0.3, 0.4) is 0 Å². The van der Waals surface area contributed by atoms with Crippen LogP contribution in [-0.2, 0) is 27.3 Å². The first kappa shape index (κ1) is 24.7. The number of rotatable bonds is 11. The molecule has 0 aliphatic rings. The molecular weight excluding hydrogens is 486 g/mol. The van der Waals surface area contributed by atoms with Gasteiger partial charge >= 0.3 is 5.97 Å². The van der Waals surface area contributed by atoms with Gasteiger partial charge in [-0.05, 0) is 25.1 Å². The molecule has 33 heavy (non-hydrogen) atoms. The number of carbonyl (C=O) groups excluding carboxylic acids is 2. The monoisotopic (exact) mass is 507 g/mol. The first-order valence-electron chi connectivity index (χ1n) is 9.85. The number of thiazole rings is 1. The maximum absolute atomic E-state index is 12.4. The van der Waals surface area contributed by atoms with Crippen LogP contribution in [-0.4, -0.2) is 51.1 Å². The van der Waals surface area contributed by atoms with Crippen molar-refractivity contribution >= 4 is 51.7 Å². The van der Waals surface area contributed by atoms with Crippen molar-refractivity contribution in [3.63, 3.8) is 0 Å². The fraction of sp³-hybridized carbons (Fsp3) is 0.286. The largest absolute Gasteiger partial charge is 0.496 e. The Bertz CT molecular complexity index is 1150. The average Bonchev–Trinajstić information content (AvgIpc) is 3.39. The Hall–Kier alpha value is -2.89. The fourth-order valence-corrected chi connectivity index (χ4v) is 4.48. The molecule has 2 heterocycles. The number of esters is 1. The Morgan fingerprint density at radius 1 is 1.36 bits per heavy atom. The summed E-state index contributed by atoms with van der Waals surface area (Å²) in [6.45, 7) is 6.29. The summed E-state index contributed by atoms with van der Waals surface area (Å²) in [7, 11) is 1.57. The molecule has 1 amide bonds. The van der Waals surface area contributed by atoms with Gasteiger partial charge in [-0.25, -0.2) is 4.98 Å². The van der Waals surface area contributed by atoms with Crippen molar-refractivity contribution in [2.45, 2.75) is 25.0 Å². The van der Waals surface area contributed by atoms with Crippen molar-refractivity contribution < 1.29 is 19.1 Å². The number of allylic oxidation sites excluding steroid dienone is 1. The van der Waals surface area contributed by atoms with E-state index >= 15 is 0 Å². The van der Waals surface area contributed by atoms with Gasteiger partial charge < -0.3 is 14.8 Å². The number of methoxy groups -OCH3 is 1. The molecule has 0 aliphatic carbocycles. The molecule has 0 atom stereocenters. The lowest BCUT2D eigenvalue weighted by atomic mass is 10.2. The van der Waals surface area contributed by atoms with Crippen molar-refractivity contribution in [1.29, 1.82) is 0 Å². The highest BCUT2D eigenvalue weighted by atomic mass is 35.5. The molecule has 1 N–H and O–H groups in total. The topological polar surface area (TPSA) is 108 Å². The number of hydrogen-bond donors (Lipinski definition) is 1. The zero-order valence-electron chi connectivity index (χ0n) is 18.0. The minimum absolute atomic E-state index is 0.0648. The SMILES string of the molecule is C=CCn1c(SCC(=O)Nc2nc(CC(=O)OCC)cs2)nnc1-c1cc(Cl)ccc1OC. The van der Waals surface area contributed by atoms with E-state index in [-0.39, 0.29) is 24.1 Å². The van der Waals surface area contributed by atoms with Gasteiger partial charge in [0.15, 0.2) is 16.1 Å². The summed E-state index contributed by atoms with van der Waals surface area (Å²) in [6, 6.07) is 5.24. The Morgan fingerprint density at radius 2 is 2.18 bits per heavy atom. The van der Waals surface area contributed by atoms with Crippen molar-refractivity contribution in [2.24, 2.45) is 0 Å². The van der Waals surface area contributed by atoms with Crippen LogP contribution >= 0.6 is 34.7 Å². The lowest BCUT2D eigenvalue weighted by Gasteiger charge is -2.11. The van der Waals surface area contributed by atoms with Gasteiger partial charge in [-0.15, -0.1) is 28.1 Å². The summed E-state index contributed by atoms with van der Waals surface area (Å²) in [5.41, 5.74) is 1.24. The minimum Gasteiger partial charge on any atom is -0.496 e. The highest BCUT2D eigenvalue weighted by Crippen LogP contribution is 2.33. The van der Waals surface area contributed by atoms with E-state index in [4.69, 9.17) is 21.1 Å². The van der Waals surface area contributed by atoms with Crippen molar-refractivity contribution in [1.82, 2.24) is 19.7 Å². The first-order chi connectivity index (χ1) is 15.9. The van der Waals surface area contributed by atoms with Crippen LogP contribution in [0.2, 0.25) is 5.02 Å². The van der Waals surface area contributed by atoms with Crippen LogP contribution in [0.25, 0.3) is 11.4 Å². The molecule has 0 unspecified atom stereocenters. The third-order valence-electron chi connectivity index (χ3n) is 4.19. The van der Waals surface area contributed by atoms with Crippen LogP contribution < -0.4 is 10.1 Å². The molecule has 12 heteroatoms. The molecule has 0 fully saturated rings. The molecule has 0 saturated carbocycles. The number of aromatic nitrogens is 4. The van der Waals surface area contributed by atoms with Crippen molar-refractivity contribution in [2.75, 3.05) is 24.8 Å². The second-order valence-corrected chi connectivity index (χ2v) is 8.75. The number of amides is 1. The predicted molar refractivity (Wildman–Crippen MR) is 129 cm³/mol. The van der Waals surface area contributed by atoms with E-state index in [9.17, 15) is 9.59 Å². The first-order valence-corrected chi connectivity index (χ1v) is 12.1. The van der Waals surface area contributed by atoms with Gasteiger partial charge in [0.1, 0.15) is 5.75 Å². The van der Waals surface area contributed by atoms with E-state index in [0.29, 0.717) is 51.3 Å². The van der Waals surface area contributed by atoms with Gasteiger partial charge in [-0.2, -0.15) is 0 Å². The normalized spacial score (nSPS) is 10.6. The molecule has 3 aromatic rings. The van der Waals surface area contributed by atoms with Crippen molar-refractivity contribution in [3.8, 4) is 17.1 Å². The molecule has 174 valence electrons. The van der Waals surface area contributed by atoms with Crippen LogP contribution in [0.1, 0.15) is 12.6 Å². The number of benzene rings is 1. The van der Waals surface area contributed by atoms with Gasteiger partial charge in [0, 0.05) is 16.9 Å². The molecule has 9 nitrogen and oxygen atoms in total. The molecule has 0 bridgehead atoms. The Balaban J connectivity index is 1.68. The maximum atomic E-state index is 12.4. The third kappa shape index (κ3) is 6.56. The highest BCUT2D eigenvalue weighted by molar-refractivity contribution is 7.99. The van der Waals surface area contributed by atoms with E-state index in [1.165, 1.54) is 23.1 Å². The third-order valence-corrected chi connectivity index (χ3v) is 6.20. The number of nitrogens with zero attached hydrogens (tertiary/aromatic N) is 4.